The summed E-state index contributed by atoms with van der Waals surface area (Å²) >= 11 is 0. The predicted molar refractivity (Wildman–Crippen MR) is 86.4 cm³/mol. The van der Waals surface area contributed by atoms with Crippen LogP contribution < -0.4 is 21.3 Å². The number of urea groups is 1. The number of ether oxygens (including phenoxy) is 1. The molecule has 23 heavy (non-hydrogen) atoms. The molecule has 1 aliphatic rings. The molecule has 0 atom stereocenters. The first kappa shape index (κ1) is 15.0. The minimum absolute atomic E-state index is 0.0523. The van der Waals surface area contributed by atoms with Crippen molar-refractivity contribution < 1.29 is 9.53 Å². The smallest absolute Gasteiger partial charge is 0.326 e. The number of nitrogens with two attached hydrogens (primary N) is 1. The number of morpholine rings is 1. The predicted octanol–water partition coefficient (Wildman–Crippen LogP) is 0.934. The van der Waals surface area contributed by atoms with E-state index in [9.17, 15) is 4.79 Å². The zero-order chi connectivity index (χ0) is 16.1. The number of nitrogens with one attached hydrogen (secondary N) is 2. The molecule has 2 amide bonds. The van der Waals surface area contributed by atoms with E-state index < -0.39 is 6.03 Å². The molecule has 1 aliphatic heterocycles. The molecule has 9 heteroatoms. The van der Waals surface area contributed by atoms with Crippen molar-refractivity contribution in [2.75, 3.05) is 47.6 Å². The van der Waals surface area contributed by atoms with E-state index in [0.29, 0.717) is 37.9 Å². The van der Waals surface area contributed by atoms with Gasteiger partial charge in [-0.25, -0.2) is 4.79 Å². The zero-order valence-electron chi connectivity index (χ0n) is 12.4. The molecule has 0 saturated carbocycles. The Morgan fingerprint density at radius 1 is 1.09 bits per heavy atom. The van der Waals surface area contributed by atoms with Crippen LogP contribution in [0.3, 0.4) is 0 Å². The van der Waals surface area contributed by atoms with E-state index in [2.05, 4.69) is 25.6 Å². The molecule has 0 aliphatic carbocycles. The summed E-state index contributed by atoms with van der Waals surface area (Å²) in [6.07, 6.45) is 0. The molecule has 0 spiro atoms. The first-order chi connectivity index (χ1) is 11.2. The zero-order valence-corrected chi connectivity index (χ0v) is 12.4. The summed E-state index contributed by atoms with van der Waals surface area (Å²) in [5, 5.41) is 5.24. The number of hydrogen-bond donors (Lipinski definition) is 3. The Kier molecular flexibility index (Phi) is 4.48. The average molecular weight is 315 g/mol. The lowest BCUT2D eigenvalue weighted by molar-refractivity contribution is 0.122. The van der Waals surface area contributed by atoms with Crippen molar-refractivity contribution >= 4 is 29.6 Å². The fraction of sp³-hybridized carbons (Fsp3) is 0.286. The van der Waals surface area contributed by atoms with Gasteiger partial charge in [-0.1, -0.05) is 18.2 Å². The van der Waals surface area contributed by atoms with Crippen molar-refractivity contribution in [2.24, 2.45) is 0 Å². The number of hydrogen-bond acceptors (Lipinski definition) is 7. The first-order valence-corrected chi connectivity index (χ1v) is 7.18. The monoisotopic (exact) mass is 315 g/mol. The van der Waals surface area contributed by atoms with Crippen LogP contribution in [0.4, 0.5) is 28.3 Å². The van der Waals surface area contributed by atoms with E-state index in [1.54, 1.807) is 12.1 Å². The molecule has 1 aromatic carbocycles. The Labute approximate surface area is 132 Å². The molecule has 0 radical (unpaired) electrons. The molecular weight excluding hydrogens is 298 g/mol. The van der Waals surface area contributed by atoms with Gasteiger partial charge in [0.05, 0.1) is 13.2 Å². The van der Waals surface area contributed by atoms with Gasteiger partial charge in [0, 0.05) is 18.8 Å². The molecule has 0 bridgehead atoms. The lowest BCUT2D eigenvalue weighted by atomic mass is 10.3. The second-order valence-corrected chi connectivity index (χ2v) is 4.86. The molecule has 1 saturated heterocycles. The molecule has 3 rings (SSSR count). The fourth-order valence-corrected chi connectivity index (χ4v) is 2.13. The van der Waals surface area contributed by atoms with Crippen molar-refractivity contribution in [3.05, 3.63) is 30.3 Å². The maximum absolute atomic E-state index is 12.0. The number of carbonyl (C=O) groups excluding carboxylic acids is 1. The van der Waals surface area contributed by atoms with Gasteiger partial charge in [-0.05, 0) is 12.1 Å². The second-order valence-electron chi connectivity index (χ2n) is 4.86. The second kappa shape index (κ2) is 6.88. The largest absolute Gasteiger partial charge is 0.378 e. The van der Waals surface area contributed by atoms with Gasteiger partial charge >= 0.3 is 6.03 Å². The van der Waals surface area contributed by atoms with Crippen LogP contribution in [0, 0.1) is 0 Å². The highest BCUT2D eigenvalue weighted by Crippen LogP contribution is 2.14. The Bertz CT molecular complexity index is 674. The van der Waals surface area contributed by atoms with Crippen molar-refractivity contribution in [1.29, 1.82) is 0 Å². The number of nitrogen functional groups attached to an aromatic ring is 1. The van der Waals surface area contributed by atoms with Crippen LogP contribution in [0.25, 0.3) is 0 Å². The third-order valence-electron chi connectivity index (χ3n) is 3.19. The summed E-state index contributed by atoms with van der Waals surface area (Å²) in [5.41, 5.74) is 6.37. The fourth-order valence-electron chi connectivity index (χ4n) is 2.13. The first-order valence-electron chi connectivity index (χ1n) is 7.18. The third kappa shape index (κ3) is 4.04. The van der Waals surface area contributed by atoms with E-state index in [1.807, 2.05) is 23.1 Å². The molecule has 9 nitrogen and oxygen atoms in total. The summed E-state index contributed by atoms with van der Waals surface area (Å²) in [7, 11) is 0. The van der Waals surface area contributed by atoms with Gasteiger partial charge in [0.1, 0.15) is 0 Å². The van der Waals surface area contributed by atoms with Crippen LogP contribution in [0.1, 0.15) is 0 Å². The summed E-state index contributed by atoms with van der Waals surface area (Å²) < 4.78 is 5.29. The number of benzene rings is 1. The maximum Gasteiger partial charge on any atom is 0.326 e. The number of carbonyl (C=O) groups is 1. The van der Waals surface area contributed by atoms with Crippen molar-refractivity contribution in [3.8, 4) is 0 Å². The molecule has 1 aromatic heterocycles. The van der Waals surface area contributed by atoms with Crippen LogP contribution >= 0.6 is 0 Å². The summed E-state index contributed by atoms with van der Waals surface area (Å²) in [4.78, 5) is 26.2. The van der Waals surface area contributed by atoms with Gasteiger partial charge in [-0.2, -0.15) is 15.0 Å². The molecular formula is C14H17N7O2. The number of aromatic nitrogens is 3. The van der Waals surface area contributed by atoms with Crippen LogP contribution in [0.2, 0.25) is 0 Å². The standard InChI is InChI=1S/C14H17N7O2/c15-11-17-12(19-13(18-11)21-6-8-23-9-7-21)20-14(22)16-10-4-2-1-3-5-10/h1-5H,6-9H2,(H4,15,16,17,18,19,20,22). The summed E-state index contributed by atoms with van der Waals surface area (Å²) in [6, 6.07) is 8.63. The van der Waals surface area contributed by atoms with Gasteiger partial charge in [-0.3, -0.25) is 5.32 Å². The van der Waals surface area contributed by atoms with E-state index in [-0.39, 0.29) is 11.9 Å². The molecule has 2 aromatic rings. The van der Waals surface area contributed by atoms with Gasteiger partial charge < -0.3 is 20.7 Å². The van der Waals surface area contributed by atoms with E-state index in [1.165, 1.54) is 0 Å². The molecule has 1 fully saturated rings. The maximum atomic E-state index is 12.0. The van der Waals surface area contributed by atoms with Crippen LogP contribution in [0.15, 0.2) is 30.3 Å². The van der Waals surface area contributed by atoms with E-state index >= 15 is 0 Å². The molecule has 120 valence electrons. The minimum atomic E-state index is -0.449. The topological polar surface area (TPSA) is 118 Å². The highest BCUT2D eigenvalue weighted by molar-refractivity contribution is 5.98. The van der Waals surface area contributed by atoms with Gasteiger partial charge in [0.2, 0.25) is 17.8 Å². The number of anilines is 4. The van der Waals surface area contributed by atoms with Gasteiger partial charge in [0.15, 0.2) is 0 Å². The number of rotatable bonds is 3. The van der Waals surface area contributed by atoms with E-state index in [0.717, 1.165) is 0 Å². The van der Waals surface area contributed by atoms with Crippen molar-refractivity contribution in [1.82, 2.24) is 15.0 Å². The van der Waals surface area contributed by atoms with Crippen molar-refractivity contribution in [2.45, 2.75) is 0 Å². The normalized spacial score (nSPS) is 14.3. The SMILES string of the molecule is Nc1nc(NC(=O)Nc2ccccc2)nc(N2CCOCC2)n1. The van der Waals surface area contributed by atoms with Gasteiger partial charge in [0.25, 0.3) is 0 Å². The molecule has 4 N–H and O–H groups in total. The Morgan fingerprint density at radius 3 is 2.57 bits per heavy atom. The van der Waals surface area contributed by atoms with Crippen LogP contribution in [-0.4, -0.2) is 47.3 Å². The van der Waals surface area contributed by atoms with E-state index in [4.69, 9.17) is 10.5 Å². The van der Waals surface area contributed by atoms with Crippen LogP contribution in [-0.2, 0) is 4.74 Å². The minimum Gasteiger partial charge on any atom is -0.378 e. The lowest BCUT2D eigenvalue weighted by Gasteiger charge is -2.26. The molecule has 2 heterocycles. The van der Waals surface area contributed by atoms with Gasteiger partial charge in [-0.15, -0.1) is 0 Å². The highest BCUT2D eigenvalue weighted by atomic mass is 16.5. The molecule has 0 unspecified atom stereocenters. The van der Waals surface area contributed by atoms with Crippen molar-refractivity contribution in [3.63, 3.8) is 0 Å². The Balaban J connectivity index is 1.69. The lowest BCUT2D eigenvalue weighted by Crippen LogP contribution is -2.37. The number of amides is 2. The quantitative estimate of drug-likeness (QED) is 0.771. The Hall–Kier alpha value is -2.94. The summed E-state index contributed by atoms with van der Waals surface area (Å²) in [6.45, 7) is 2.53. The highest BCUT2D eigenvalue weighted by Gasteiger charge is 2.16. The Morgan fingerprint density at radius 2 is 1.83 bits per heavy atom. The average Bonchev–Trinajstić information content (AvgIpc) is 2.56. The van der Waals surface area contributed by atoms with Crippen LogP contribution in [0.5, 0.6) is 0 Å². The summed E-state index contributed by atoms with van der Waals surface area (Å²) in [5.74, 6) is 0.583. The number of nitrogens with zero attached hydrogens (tertiary/aromatic N) is 4. The third-order valence-corrected chi connectivity index (χ3v) is 3.19. The number of para-hydroxylation sites is 1.